The van der Waals surface area contributed by atoms with Crippen LogP contribution in [0.1, 0.15) is 23.2 Å². The van der Waals surface area contributed by atoms with Crippen LogP contribution < -0.4 is 25.8 Å². The van der Waals surface area contributed by atoms with E-state index in [1.807, 2.05) is 0 Å². The third-order valence-corrected chi connectivity index (χ3v) is 5.35. The number of nitrogens with two attached hydrogens (primary N) is 1. The molecule has 1 fully saturated rings. The number of hydrogen-bond acceptors (Lipinski definition) is 7. The predicted molar refractivity (Wildman–Crippen MR) is 126 cm³/mol. The van der Waals surface area contributed by atoms with E-state index in [2.05, 4.69) is 15.6 Å². The average Bonchev–Trinajstić information content (AvgIpc) is 3.62. The number of carbonyl (C=O) groups is 2. The number of rotatable bonds is 9. The first kappa shape index (κ1) is 23.6. The minimum Gasteiger partial charge on any atom is -0.490 e. The first-order valence-corrected chi connectivity index (χ1v) is 10.9. The van der Waals surface area contributed by atoms with Crippen LogP contribution in [-0.4, -0.2) is 52.5 Å². The maximum Gasteiger partial charge on any atom is 0.319 e. The number of nitrogens with one attached hydrogen (secondary N) is 2. The lowest BCUT2D eigenvalue weighted by atomic mass is 10.1. The van der Waals surface area contributed by atoms with Crippen molar-refractivity contribution >= 4 is 40.1 Å². The molecule has 1 heterocycles. The second kappa shape index (κ2) is 10.1. The van der Waals surface area contributed by atoms with Crippen LogP contribution in [0.5, 0.6) is 17.2 Å². The first-order chi connectivity index (χ1) is 16.3. The standard InChI is InChI=1S/C23H23ClN4O6/c24-17-7-14(3-4-18(17)28-23(32)27-12-1-2-12)34-20-5-6-26-19-9-21(33-11-13(30)10-29)16(22(25)31)8-15(19)20/h3-9,12-13,29-30H,1-2,10-11H2,(H2,25,31)(H2,27,28,32)/t13-/m1/s1. The van der Waals surface area contributed by atoms with Crippen molar-refractivity contribution in [2.24, 2.45) is 5.73 Å². The number of carbonyl (C=O) groups excluding carboxylic acids is 2. The highest BCUT2D eigenvalue weighted by Crippen LogP contribution is 2.35. The number of fused-ring (bicyclic) bond motifs is 1. The molecule has 1 aromatic heterocycles. The minimum atomic E-state index is -1.11. The SMILES string of the molecule is NC(=O)c1cc2c(Oc3ccc(NC(=O)NC4CC4)c(Cl)c3)ccnc2cc1OC[C@H](O)CO. The fourth-order valence-corrected chi connectivity index (χ4v) is 3.36. The van der Waals surface area contributed by atoms with Crippen molar-refractivity contribution in [3.63, 3.8) is 0 Å². The van der Waals surface area contributed by atoms with Crippen LogP contribution in [0.4, 0.5) is 10.5 Å². The van der Waals surface area contributed by atoms with Gasteiger partial charge in [-0.05, 0) is 37.1 Å². The van der Waals surface area contributed by atoms with E-state index in [1.54, 1.807) is 24.3 Å². The summed E-state index contributed by atoms with van der Waals surface area (Å²) in [6.07, 6.45) is 2.36. The summed E-state index contributed by atoms with van der Waals surface area (Å²) in [4.78, 5) is 28.2. The van der Waals surface area contributed by atoms with Gasteiger partial charge < -0.3 is 36.1 Å². The van der Waals surface area contributed by atoms with E-state index in [1.165, 1.54) is 18.3 Å². The largest absolute Gasteiger partial charge is 0.490 e. The number of benzene rings is 2. The molecule has 10 nitrogen and oxygen atoms in total. The molecule has 3 aromatic rings. The summed E-state index contributed by atoms with van der Waals surface area (Å²) in [6, 6.07) is 9.34. The van der Waals surface area contributed by atoms with Gasteiger partial charge in [-0.15, -0.1) is 0 Å². The zero-order chi connectivity index (χ0) is 24.2. The summed E-state index contributed by atoms with van der Waals surface area (Å²) < 4.78 is 11.4. The average molecular weight is 487 g/mol. The highest BCUT2D eigenvalue weighted by Gasteiger charge is 2.23. The van der Waals surface area contributed by atoms with Crippen molar-refractivity contribution in [2.45, 2.75) is 25.0 Å². The molecule has 11 heteroatoms. The maximum atomic E-state index is 12.0. The molecule has 1 aliphatic carbocycles. The number of ether oxygens (including phenoxy) is 2. The topological polar surface area (TPSA) is 156 Å². The summed E-state index contributed by atoms with van der Waals surface area (Å²) in [7, 11) is 0. The summed E-state index contributed by atoms with van der Waals surface area (Å²) in [5.41, 5.74) is 6.47. The van der Waals surface area contributed by atoms with Gasteiger partial charge in [-0.3, -0.25) is 9.78 Å². The normalized spacial score (nSPS) is 13.9. The molecule has 2 aromatic carbocycles. The number of pyridine rings is 1. The number of amides is 3. The Balaban J connectivity index is 1.57. The molecule has 1 atom stereocenters. The van der Waals surface area contributed by atoms with Gasteiger partial charge in [0.25, 0.3) is 5.91 Å². The molecule has 1 saturated carbocycles. The molecule has 0 spiro atoms. The Labute approximate surface area is 199 Å². The van der Waals surface area contributed by atoms with Gasteiger partial charge in [-0.1, -0.05) is 11.6 Å². The Bertz CT molecular complexity index is 1230. The highest BCUT2D eigenvalue weighted by molar-refractivity contribution is 6.33. The lowest BCUT2D eigenvalue weighted by molar-refractivity contribution is 0.0532. The van der Waals surface area contributed by atoms with Gasteiger partial charge in [0.1, 0.15) is 30.0 Å². The monoisotopic (exact) mass is 486 g/mol. The number of aliphatic hydroxyl groups excluding tert-OH is 2. The Morgan fingerprint density at radius 3 is 2.68 bits per heavy atom. The lowest BCUT2D eigenvalue weighted by Gasteiger charge is -2.15. The molecule has 178 valence electrons. The molecule has 1 aliphatic rings. The fraction of sp³-hybridized carbons (Fsp3) is 0.261. The van der Waals surface area contributed by atoms with Crippen molar-refractivity contribution in [3.05, 3.63) is 53.2 Å². The van der Waals surface area contributed by atoms with Crippen LogP contribution in [0.25, 0.3) is 10.9 Å². The zero-order valence-corrected chi connectivity index (χ0v) is 18.7. The summed E-state index contributed by atoms with van der Waals surface area (Å²) in [6.45, 7) is -0.714. The number of hydrogen-bond donors (Lipinski definition) is 5. The number of aromatic nitrogens is 1. The van der Waals surface area contributed by atoms with Gasteiger partial charge in [-0.25, -0.2) is 4.79 Å². The Morgan fingerprint density at radius 2 is 2.00 bits per heavy atom. The molecule has 0 aliphatic heterocycles. The summed E-state index contributed by atoms with van der Waals surface area (Å²) >= 11 is 6.32. The van der Waals surface area contributed by atoms with E-state index in [-0.39, 0.29) is 35.0 Å². The molecule has 34 heavy (non-hydrogen) atoms. The third kappa shape index (κ3) is 5.66. The maximum absolute atomic E-state index is 12.0. The molecule has 0 unspecified atom stereocenters. The van der Waals surface area contributed by atoms with Gasteiger partial charge in [0.2, 0.25) is 0 Å². The van der Waals surface area contributed by atoms with E-state index in [9.17, 15) is 14.7 Å². The summed E-state index contributed by atoms with van der Waals surface area (Å²) in [5, 5.41) is 24.8. The van der Waals surface area contributed by atoms with Crippen LogP contribution in [-0.2, 0) is 0 Å². The third-order valence-electron chi connectivity index (χ3n) is 5.04. The zero-order valence-electron chi connectivity index (χ0n) is 18.0. The molecule has 0 bridgehead atoms. The van der Waals surface area contributed by atoms with Crippen LogP contribution >= 0.6 is 11.6 Å². The summed E-state index contributed by atoms with van der Waals surface area (Å²) in [5.74, 6) is 0.170. The molecule has 0 radical (unpaired) electrons. The van der Waals surface area contributed by atoms with Crippen LogP contribution in [0.3, 0.4) is 0 Å². The van der Waals surface area contributed by atoms with E-state index in [0.717, 1.165) is 12.8 Å². The number of aliphatic hydroxyl groups is 2. The van der Waals surface area contributed by atoms with Gasteiger partial charge in [-0.2, -0.15) is 0 Å². The number of nitrogens with zero attached hydrogens (tertiary/aromatic N) is 1. The number of primary amides is 1. The van der Waals surface area contributed by atoms with Gasteiger partial charge in [0, 0.05) is 29.8 Å². The van der Waals surface area contributed by atoms with Gasteiger partial charge in [0.15, 0.2) is 0 Å². The van der Waals surface area contributed by atoms with Crippen LogP contribution in [0.2, 0.25) is 5.02 Å². The molecule has 3 amide bonds. The van der Waals surface area contributed by atoms with Crippen molar-refractivity contribution in [3.8, 4) is 17.2 Å². The first-order valence-electron chi connectivity index (χ1n) is 10.5. The Kier molecular flexibility index (Phi) is 7.01. The fourth-order valence-electron chi connectivity index (χ4n) is 3.15. The second-order valence-corrected chi connectivity index (χ2v) is 8.21. The molecular formula is C23H23ClN4O6. The van der Waals surface area contributed by atoms with Crippen molar-refractivity contribution < 1.29 is 29.3 Å². The number of urea groups is 1. The second-order valence-electron chi connectivity index (χ2n) is 7.80. The van der Waals surface area contributed by atoms with Crippen LogP contribution in [0, 0.1) is 0 Å². The molecule has 4 rings (SSSR count). The molecule has 0 saturated heterocycles. The number of anilines is 1. The lowest BCUT2D eigenvalue weighted by Crippen LogP contribution is -2.30. The smallest absolute Gasteiger partial charge is 0.319 e. The number of halogens is 1. The minimum absolute atomic E-state index is 0.0646. The van der Waals surface area contributed by atoms with Gasteiger partial charge >= 0.3 is 6.03 Å². The Morgan fingerprint density at radius 1 is 1.21 bits per heavy atom. The van der Waals surface area contributed by atoms with Crippen molar-refractivity contribution in [1.82, 2.24) is 10.3 Å². The van der Waals surface area contributed by atoms with E-state index >= 15 is 0 Å². The Hall–Kier alpha value is -3.60. The van der Waals surface area contributed by atoms with Crippen molar-refractivity contribution in [1.29, 1.82) is 0 Å². The predicted octanol–water partition coefficient (Wildman–Crippen LogP) is 2.80. The highest BCUT2D eigenvalue weighted by atomic mass is 35.5. The molecular weight excluding hydrogens is 464 g/mol. The molecule has 6 N–H and O–H groups in total. The van der Waals surface area contributed by atoms with E-state index in [4.69, 9.17) is 31.9 Å². The van der Waals surface area contributed by atoms with Gasteiger partial charge in [0.05, 0.1) is 28.4 Å². The van der Waals surface area contributed by atoms with E-state index in [0.29, 0.717) is 28.1 Å². The van der Waals surface area contributed by atoms with Crippen LogP contribution in [0.15, 0.2) is 42.6 Å². The van der Waals surface area contributed by atoms with E-state index < -0.39 is 18.6 Å². The quantitative estimate of drug-likeness (QED) is 0.311. The van der Waals surface area contributed by atoms with Crippen molar-refractivity contribution in [2.75, 3.05) is 18.5 Å².